The van der Waals surface area contributed by atoms with E-state index in [2.05, 4.69) is 5.32 Å². The number of carbonyl (C=O) groups excluding carboxylic acids is 2. The monoisotopic (exact) mass is 436 g/mol. The molecular formula is C20H24N2O7S. The summed E-state index contributed by atoms with van der Waals surface area (Å²) in [6, 6.07) is 10.0. The molecule has 0 bridgehead atoms. The largest absolute Gasteiger partial charge is 0.504 e. The van der Waals surface area contributed by atoms with Crippen molar-refractivity contribution < 1.29 is 32.6 Å². The van der Waals surface area contributed by atoms with Crippen LogP contribution in [0.3, 0.4) is 0 Å². The van der Waals surface area contributed by atoms with Crippen LogP contribution in [-0.4, -0.2) is 56.5 Å². The molecule has 0 radical (unpaired) electrons. The second-order valence-electron chi connectivity index (χ2n) is 6.09. The van der Waals surface area contributed by atoms with E-state index < -0.39 is 28.5 Å². The number of ether oxygens (including phenoxy) is 2. The molecule has 10 heteroatoms. The predicted octanol–water partition coefficient (Wildman–Crippen LogP) is 2.23. The van der Waals surface area contributed by atoms with Gasteiger partial charge in [0.25, 0.3) is 5.91 Å². The summed E-state index contributed by atoms with van der Waals surface area (Å²) in [5.74, 6) is -1.78. The number of aromatic hydroxyl groups is 1. The van der Waals surface area contributed by atoms with Crippen molar-refractivity contribution in [2.45, 2.75) is 18.7 Å². The number of anilines is 1. The van der Waals surface area contributed by atoms with Gasteiger partial charge in [0.15, 0.2) is 18.1 Å². The smallest absolute Gasteiger partial charge is 0.342 e. The van der Waals surface area contributed by atoms with E-state index >= 15 is 0 Å². The first-order valence-corrected chi connectivity index (χ1v) is 10.6. The molecule has 0 aliphatic rings. The molecule has 9 nitrogen and oxygen atoms in total. The van der Waals surface area contributed by atoms with Crippen molar-refractivity contribution in [3.05, 3.63) is 48.0 Å². The molecule has 0 saturated carbocycles. The number of benzene rings is 2. The lowest BCUT2D eigenvalue weighted by Crippen LogP contribution is -2.30. The number of sulfonamides is 1. The van der Waals surface area contributed by atoms with Crippen LogP contribution in [0.1, 0.15) is 24.2 Å². The summed E-state index contributed by atoms with van der Waals surface area (Å²) in [5, 5.41) is 12.5. The van der Waals surface area contributed by atoms with Gasteiger partial charge in [-0.2, -0.15) is 4.31 Å². The molecular weight excluding hydrogens is 412 g/mol. The maximum atomic E-state index is 12.5. The van der Waals surface area contributed by atoms with Crippen LogP contribution in [0.25, 0.3) is 0 Å². The fourth-order valence-corrected chi connectivity index (χ4v) is 4.14. The van der Waals surface area contributed by atoms with Gasteiger partial charge in [0.2, 0.25) is 10.0 Å². The van der Waals surface area contributed by atoms with E-state index in [1.54, 1.807) is 13.8 Å². The molecule has 0 aliphatic heterocycles. The Kier molecular flexibility index (Phi) is 7.79. The summed E-state index contributed by atoms with van der Waals surface area (Å²) in [6.45, 7) is 3.62. The maximum Gasteiger partial charge on any atom is 0.342 e. The van der Waals surface area contributed by atoms with Gasteiger partial charge in [-0.25, -0.2) is 13.2 Å². The number of nitrogens with zero attached hydrogens (tertiary/aromatic N) is 1. The standard InChI is InChI=1S/C20H24N2O7S/c1-4-22(5-2)30(26,27)15-11-9-14(10-12-15)21-18(23)13-29-20(25)16-7-6-8-17(28-3)19(16)24/h6-12,24H,4-5,13H2,1-3H3,(H,21,23). The van der Waals surface area contributed by atoms with Crippen LogP contribution in [0.2, 0.25) is 0 Å². The zero-order chi connectivity index (χ0) is 22.3. The summed E-state index contributed by atoms with van der Waals surface area (Å²) in [5.41, 5.74) is 0.215. The molecule has 2 N–H and O–H groups in total. The lowest BCUT2D eigenvalue weighted by atomic mass is 10.2. The molecule has 0 aliphatic carbocycles. The summed E-state index contributed by atoms with van der Waals surface area (Å²) in [6.07, 6.45) is 0. The normalized spacial score (nSPS) is 11.2. The highest BCUT2D eigenvalue weighted by Crippen LogP contribution is 2.29. The fourth-order valence-electron chi connectivity index (χ4n) is 2.68. The predicted molar refractivity (Wildman–Crippen MR) is 110 cm³/mol. The number of methoxy groups -OCH3 is 1. The molecule has 30 heavy (non-hydrogen) atoms. The fraction of sp³-hybridized carbons (Fsp3) is 0.300. The van der Waals surface area contributed by atoms with Crippen molar-refractivity contribution in [1.82, 2.24) is 4.31 Å². The zero-order valence-corrected chi connectivity index (χ0v) is 17.7. The van der Waals surface area contributed by atoms with Crippen LogP contribution < -0.4 is 10.1 Å². The Morgan fingerprint density at radius 3 is 2.27 bits per heavy atom. The van der Waals surface area contributed by atoms with Gasteiger partial charge in [-0.1, -0.05) is 19.9 Å². The van der Waals surface area contributed by atoms with Gasteiger partial charge in [0.1, 0.15) is 5.56 Å². The zero-order valence-electron chi connectivity index (χ0n) is 16.9. The minimum absolute atomic E-state index is 0.105. The average molecular weight is 436 g/mol. The molecule has 0 atom stereocenters. The lowest BCUT2D eigenvalue weighted by Gasteiger charge is -2.18. The number of hydrogen-bond acceptors (Lipinski definition) is 7. The highest BCUT2D eigenvalue weighted by Gasteiger charge is 2.21. The quantitative estimate of drug-likeness (QED) is 0.578. The third kappa shape index (κ3) is 5.28. The van der Waals surface area contributed by atoms with Crippen molar-refractivity contribution in [2.24, 2.45) is 0 Å². The molecule has 0 fully saturated rings. The number of carbonyl (C=O) groups is 2. The summed E-state index contributed by atoms with van der Waals surface area (Å²) < 4.78 is 36.1. The number of amides is 1. The lowest BCUT2D eigenvalue weighted by molar-refractivity contribution is -0.119. The highest BCUT2D eigenvalue weighted by molar-refractivity contribution is 7.89. The number of nitrogens with one attached hydrogen (secondary N) is 1. The van der Waals surface area contributed by atoms with E-state index in [0.717, 1.165) is 0 Å². The maximum absolute atomic E-state index is 12.5. The van der Waals surface area contributed by atoms with Gasteiger partial charge < -0.3 is 19.9 Å². The van der Waals surface area contributed by atoms with Crippen molar-refractivity contribution >= 4 is 27.6 Å². The third-order valence-electron chi connectivity index (χ3n) is 4.25. The Bertz CT molecular complexity index is 1000. The number of esters is 1. The van der Waals surface area contributed by atoms with E-state index in [1.807, 2.05) is 0 Å². The molecule has 2 aromatic carbocycles. The van der Waals surface area contributed by atoms with Crippen LogP contribution in [-0.2, 0) is 19.6 Å². The summed E-state index contributed by atoms with van der Waals surface area (Å²) in [7, 11) is -2.25. The van der Waals surface area contributed by atoms with E-state index in [0.29, 0.717) is 18.8 Å². The van der Waals surface area contributed by atoms with Gasteiger partial charge in [0, 0.05) is 18.8 Å². The van der Waals surface area contributed by atoms with E-state index in [1.165, 1.54) is 53.9 Å². The van der Waals surface area contributed by atoms with Crippen molar-refractivity contribution in [3.8, 4) is 11.5 Å². The average Bonchev–Trinajstić information content (AvgIpc) is 2.73. The van der Waals surface area contributed by atoms with Crippen molar-refractivity contribution in [1.29, 1.82) is 0 Å². The van der Waals surface area contributed by atoms with Crippen molar-refractivity contribution in [2.75, 3.05) is 32.1 Å². The SMILES string of the molecule is CCN(CC)S(=O)(=O)c1ccc(NC(=O)COC(=O)c2cccc(OC)c2O)cc1. The minimum Gasteiger partial charge on any atom is -0.504 e. The Hall–Kier alpha value is -3.11. The molecule has 2 aromatic rings. The van der Waals surface area contributed by atoms with E-state index in [9.17, 15) is 23.1 Å². The summed E-state index contributed by atoms with van der Waals surface area (Å²) >= 11 is 0. The molecule has 0 heterocycles. The first-order valence-electron chi connectivity index (χ1n) is 9.17. The van der Waals surface area contributed by atoms with Gasteiger partial charge in [-0.3, -0.25) is 4.79 Å². The Labute approximate surface area is 175 Å². The van der Waals surface area contributed by atoms with Gasteiger partial charge in [0.05, 0.1) is 12.0 Å². The van der Waals surface area contributed by atoms with E-state index in [4.69, 9.17) is 9.47 Å². The molecule has 1 amide bonds. The van der Waals surface area contributed by atoms with Crippen LogP contribution in [0.15, 0.2) is 47.4 Å². The Balaban J connectivity index is 1.98. The first-order chi connectivity index (χ1) is 14.2. The highest BCUT2D eigenvalue weighted by atomic mass is 32.2. The topological polar surface area (TPSA) is 122 Å². The number of hydrogen-bond donors (Lipinski definition) is 2. The Morgan fingerprint density at radius 1 is 1.07 bits per heavy atom. The van der Waals surface area contributed by atoms with E-state index in [-0.39, 0.29) is 22.0 Å². The molecule has 162 valence electrons. The molecule has 0 saturated heterocycles. The number of phenols is 1. The number of para-hydroxylation sites is 1. The van der Waals surface area contributed by atoms with Crippen LogP contribution in [0.4, 0.5) is 5.69 Å². The molecule has 0 unspecified atom stereocenters. The van der Waals surface area contributed by atoms with Crippen LogP contribution in [0.5, 0.6) is 11.5 Å². The van der Waals surface area contributed by atoms with Crippen LogP contribution >= 0.6 is 0 Å². The Morgan fingerprint density at radius 2 is 1.70 bits per heavy atom. The molecule has 2 rings (SSSR count). The first kappa shape index (κ1) is 23.2. The van der Waals surface area contributed by atoms with Gasteiger partial charge in [-0.05, 0) is 36.4 Å². The minimum atomic E-state index is -3.59. The molecule has 0 spiro atoms. The second kappa shape index (κ2) is 10.1. The number of phenolic OH excluding ortho intramolecular Hbond substituents is 1. The van der Waals surface area contributed by atoms with Gasteiger partial charge in [-0.15, -0.1) is 0 Å². The number of rotatable bonds is 9. The van der Waals surface area contributed by atoms with Gasteiger partial charge >= 0.3 is 5.97 Å². The second-order valence-corrected chi connectivity index (χ2v) is 8.03. The van der Waals surface area contributed by atoms with Crippen molar-refractivity contribution in [3.63, 3.8) is 0 Å². The molecule has 0 aromatic heterocycles. The van der Waals surface area contributed by atoms with Crippen LogP contribution in [0, 0.1) is 0 Å². The third-order valence-corrected chi connectivity index (χ3v) is 6.32. The summed E-state index contributed by atoms with van der Waals surface area (Å²) in [4.78, 5) is 24.2.